The normalized spacial score (nSPS) is 18.7. The molecule has 23 heavy (non-hydrogen) atoms. The monoisotopic (exact) mass is 318 g/mol. The highest BCUT2D eigenvalue weighted by atomic mass is 16.5. The van der Waals surface area contributed by atoms with E-state index in [1.165, 1.54) is 0 Å². The van der Waals surface area contributed by atoms with Crippen molar-refractivity contribution in [3.63, 3.8) is 0 Å². The molecule has 0 aliphatic carbocycles. The second-order valence-electron chi connectivity index (χ2n) is 6.33. The van der Waals surface area contributed by atoms with E-state index in [4.69, 9.17) is 4.74 Å². The zero-order valence-electron chi connectivity index (χ0n) is 13.9. The molecule has 1 fully saturated rings. The molecule has 0 spiro atoms. The molecular weight excluding hydrogens is 292 g/mol. The lowest BCUT2D eigenvalue weighted by Gasteiger charge is -2.22. The minimum Gasteiger partial charge on any atom is -0.376 e. The third kappa shape index (κ3) is 5.67. The number of carbonyl (C=O) groups excluding carboxylic acids is 2. The van der Waals surface area contributed by atoms with E-state index in [-0.39, 0.29) is 30.3 Å². The highest BCUT2D eigenvalue weighted by molar-refractivity contribution is 5.88. The molecular formula is C18H26N2O3. The SMILES string of the molecule is CC(C)C(NC(=O)Cc1ccccc1)C(=O)NCC1CCCO1. The molecule has 1 aromatic rings. The van der Waals surface area contributed by atoms with Crippen LogP contribution in [-0.2, 0) is 20.7 Å². The van der Waals surface area contributed by atoms with Crippen LogP contribution in [0.1, 0.15) is 32.3 Å². The summed E-state index contributed by atoms with van der Waals surface area (Å²) in [5, 5.41) is 5.74. The lowest BCUT2D eigenvalue weighted by atomic mass is 10.0. The van der Waals surface area contributed by atoms with Crippen molar-refractivity contribution in [3.8, 4) is 0 Å². The lowest BCUT2D eigenvalue weighted by molar-refractivity contribution is -0.130. The fraction of sp³-hybridized carbons (Fsp3) is 0.556. The first-order chi connectivity index (χ1) is 11.1. The third-order valence-electron chi connectivity index (χ3n) is 4.00. The van der Waals surface area contributed by atoms with Gasteiger partial charge in [-0.25, -0.2) is 0 Å². The van der Waals surface area contributed by atoms with E-state index >= 15 is 0 Å². The summed E-state index contributed by atoms with van der Waals surface area (Å²) in [6.45, 7) is 5.14. The summed E-state index contributed by atoms with van der Waals surface area (Å²) >= 11 is 0. The summed E-state index contributed by atoms with van der Waals surface area (Å²) in [5.41, 5.74) is 0.937. The Balaban J connectivity index is 1.84. The molecule has 2 rings (SSSR count). The molecule has 0 bridgehead atoms. The predicted molar refractivity (Wildman–Crippen MR) is 88.9 cm³/mol. The fourth-order valence-corrected chi connectivity index (χ4v) is 2.67. The van der Waals surface area contributed by atoms with Gasteiger partial charge in [-0.2, -0.15) is 0 Å². The van der Waals surface area contributed by atoms with Gasteiger partial charge in [-0.3, -0.25) is 9.59 Å². The van der Waals surface area contributed by atoms with Gasteiger partial charge in [-0.05, 0) is 24.3 Å². The number of benzene rings is 1. The van der Waals surface area contributed by atoms with Crippen molar-refractivity contribution < 1.29 is 14.3 Å². The van der Waals surface area contributed by atoms with Crippen molar-refractivity contribution in [2.45, 2.75) is 45.3 Å². The molecule has 2 N–H and O–H groups in total. The van der Waals surface area contributed by atoms with Crippen molar-refractivity contribution in [1.82, 2.24) is 10.6 Å². The molecule has 1 aliphatic heterocycles. The standard InChI is InChI=1S/C18H26N2O3/c1-13(2)17(18(22)19-12-15-9-6-10-23-15)20-16(21)11-14-7-4-3-5-8-14/h3-5,7-8,13,15,17H,6,9-12H2,1-2H3,(H,19,22)(H,20,21). The van der Waals surface area contributed by atoms with Gasteiger partial charge in [0.05, 0.1) is 12.5 Å². The van der Waals surface area contributed by atoms with Gasteiger partial charge in [0, 0.05) is 13.2 Å². The molecule has 0 radical (unpaired) electrons. The van der Waals surface area contributed by atoms with Gasteiger partial charge in [-0.1, -0.05) is 44.2 Å². The van der Waals surface area contributed by atoms with Gasteiger partial charge >= 0.3 is 0 Å². The van der Waals surface area contributed by atoms with Gasteiger partial charge in [0.15, 0.2) is 0 Å². The van der Waals surface area contributed by atoms with Crippen molar-refractivity contribution in [1.29, 1.82) is 0 Å². The van der Waals surface area contributed by atoms with Crippen LogP contribution in [0.15, 0.2) is 30.3 Å². The number of rotatable bonds is 7. The molecule has 5 nitrogen and oxygen atoms in total. The first-order valence-electron chi connectivity index (χ1n) is 8.29. The average Bonchev–Trinajstić information content (AvgIpc) is 3.04. The quantitative estimate of drug-likeness (QED) is 0.803. The Morgan fingerprint density at radius 2 is 2.00 bits per heavy atom. The number of amides is 2. The summed E-state index contributed by atoms with van der Waals surface area (Å²) in [6.07, 6.45) is 2.41. The van der Waals surface area contributed by atoms with Crippen molar-refractivity contribution in [2.24, 2.45) is 5.92 Å². The van der Waals surface area contributed by atoms with Crippen LogP contribution < -0.4 is 10.6 Å². The highest BCUT2D eigenvalue weighted by Gasteiger charge is 2.25. The predicted octanol–water partition coefficient (Wildman–Crippen LogP) is 1.67. The molecule has 1 heterocycles. The smallest absolute Gasteiger partial charge is 0.242 e. The van der Waals surface area contributed by atoms with Crippen molar-refractivity contribution in [2.75, 3.05) is 13.2 Å². The summed E-state index contributed by atoms with van der Waals surface area (Å²) in [7, 11) is 0. The van der Waals surface area contributed by atoms with Gasteiger partial charge in [0.2, 0.25) is 11.8 Å². The maximum absolute atomic E-state index is 12.3. The molecule has 1 saturated heterocycles. The van der Waals surface area contributed by atoms with Crippen molar-refractivity contribution >= 4 is 11.8 Å². The Labute approximate surface area is 137 Å². The Morgan fingerprint density at radius 3 is 2.61 bits per heavy atom. The van der Waals surface area contributed by atoms with E-state index in [1.807, 2.05) is 44.2 Å². The maximum atomic E-state index is 12.3. The lowest BCUT2D eigenvalue weighted by Crippen LogP contribution is -2.51. The summed E-state index contributed by atoms with van der Waals surface area (Å²) in [4.78, 5) is 24.5. The molecule has 1 aliphatic rings. The second-order valence-corrected chi connectivity index (χ2v) is 6.33. The Kier molecular flexibility index (Phi) is 6.59. The Hall–Kier alpha value is -1.88. The molecule has 2 atom stereocenters. The van der Waals surface area contributed by atoms with Crippen molar-refractivity contribution in [3.05, 3.63) is 35.9 Å². The van der Waals surface area contributed by atoms with Crippen LogP contribution in [0.2, 0.25) is 0 Å². The second kappa shape index (κ2) is 8.67. The molecule has 5 heteroatoms. The fourth-order valence-electron chi connectivity index (χ4n) is 2.67. The van der Waals surface area contributed by atoms with E-state index in [0.29, 0.717) is 6.54 Å². The van der Waals surface area contributed by atoms with E-state index in [2.05, 4.69) is 10.6 Å². The number of nitrogens with one attached hydrogen (secondary N) is 2. The Bertz CT molecular complexity index is 510. The summed E-state index contributed by atoms with van der Waals surface area (Å²) in [6, 6.07) is 9.00. The molecule has 0 saturated carbocycles. The first-order valence-corrected chi connectivity index (χ1v) is 8.29. The van der Waals surface area contributed by atoms with Crippen LogP contribution in [0.4, 0.5) is 0 Å². The molecule has 2 unspecified atom stereocenters. The van der Waals surface area contributed by atoms with Crippen LogP contribution in [0, 0.1) is 5.92 Å². The summed E-state index contributed by atoms with van der Waals surface area (Å²) in [5.74, 6) is -0.252. The van der Waals surface area contributed by atoms with Gasteiger partial charge in [0.1, 0.15) is 6.04 Å². The summed E-state index contributed by atoms with van der Waals surface area (Å²) < 4.78 is 5.50. The van der Waals surface area contributed by atoms with Gasteiger partial charge in [0.25, 0.3) is 0 Å². The minimum atomic E-state index is -0.521. The molecule has 1 aromatic carbocycles. The van der Waals surface area contributed by atoms with Crippen LogP contribution in [0.3, 0.4) is 0 Å². The Morgan fingerprint density at radius 1 is 1.26 bits per heavy atom. The van der Waals surface area contributed by atoms with Gasteiger partial charge in [-0.15, -0.1) is 0 Å². The minimum absolute atomic E-state index is 0.0271. The number of hydrogen-bond donors (Lipinski definition) is 2. The third-order valence-corrected chi connectivity index (χ3v) is 4.00. The zero-order chi connectivity index (χ0) is 16.7. The number of ether oxygens (including phenoxy) is 1. The topological polar surface area (TPSA) is 67.4 Å². The number of carbonyl (C=O) groups is 2. The average molecular weight is 318 g/mol. The largest absolute Gasteiger partial charge is 0.376 e. The van der Waals surface area contributed by atoms with Crippen LogP contribution in [-0.4, -0.2) is 37.1 Å². The maximum Gasteiger partial charge on any atom is 0.242 e. The van der Waals surface area contributed by atoms with Crippen LogP contribution >= 0.6 is 0 Å². The van der Waals surface area contributed by atoms with E-state index in [0.717, 1.165) is 25.0 Å². The highest BCUT2D eigenvalue weighted by Crippen LogP contribution is 2.11. The molecule has 0 aromatic heterocycles. The molecule has 126 valence electrons. The van der Waals surface area contributed by atoms with Crippen LogP contribution in [0.5, 0.6) is 0 Å². The van der Waals surface area contributed by atoms with Gasteiger partial charge < -0.3 is 15.4 Å². The van der Waals surface area contributed by atoms with Crippen LogP contribution in [0.25, 0.3) is 0 Å². The molecule has 2 amide bonds. The number of hydrogen-bond acceptors (Lipinski definition) is 3. The van der Waals surface area contributed by atoms with E-state index in [9.17, 15) is 9.59 Å². The van der Waals surface area contributed by atoms with E-state index < -0.39 is 6.04 Å². The first kappa shape index (κ1) is 17.5. The zero-order valence-corrected chi connectivity index (χ0v) is 13.9. The van der Waals surface area contributed by atoms with E-state index in [1.54, 1.807) is 0 Å².